The first-order valence-corrected chi connectivity index (χ1v) is 10.5. The molecule has 2 aromatic heterocycles. The van der Waals surface area contributed by atoms with E-state index in [0.29, 0.717) is 51.3 Å². The van der Waals surface area contributed by atoms with Gasteiger partial charge in [0.15, 0.2) is 11.5 Å². The zero-order valence-electron chi connectivity index (χ0n) is 16.4. The maximum atomic E-state index is 12.3. The van der Waals surface area contributed by atoms with Gasteiger partial charge in [-0.1, -0.05) is 11.6 Å². The van der Waals surface area contributed by atoms with Crippen molar-refractivity contribution in [1.82, 2.24) is 9.97 Å². The summed E-state index contributed by atoms with van der Waals surface area (Å²) in [6, 6.07) is 3.44. The fraction of sp³-hybridized carbons (Fsp3) is 0.286. The van der Waals surface area contributed by atoms with Crippen molar-refractivity contribution in [2.24, 2.45) is 0 Å². The first-order chi connectivity index (χ1) is 14.4. The number of thiophene rings is 1. The average Bonchev–Trinajstić information content (AvgIpc) is 2.87. The summed E-state index contributed by atoms with van der Waals surface area (Å²) >= 11 is 7.70. The normalized spacial score (nSPS) is 13.6. The molecule has 1 aromatic carbocycles. The van der Waals surface area contributed by atoms with Gasteiger partial charge in [-0.2, -0.15) is 0 Å². The molecule has 0 saturated heterocycles. The number of carbonyl (C=O) groups is 1. The van der Waals surface area contributed by atoms with Crippen LogP contribution < -0.4 is 15.0 Å². The summed E-state index contributed by atoms with van der Waals surface area (Å²) in [5.41, 5.74) is 1.37. The number of H-pyrrole nitrogens is 1. The minimum absolute atomic E-state index is 0.133. The molecule has 0 atom stereocenters. The molecule has 0 aliphatic carbocycles. The monoisotopic (exact) mass is 446 g/mol. The van der Waals surface area contributed by atoms with Crippen molar-refractivity contribution in [1.29, 1.82) is 0 Å². The van der Waals surface area contributed by atoms with Gasteiger partial charge in [-0.05, 0) is 43.2 Å². The second kappa shape index (κ2) is 8.49. The van der Waals surface area contributed by atoms with E-state index in [1.54, 1.807) is 18.2 Å². The Kier molecular flexibility index (Phi) is 5.78. The van der Waals surface area contributed by atoms with Crippen molar-refractivity contribution < 1.29 is 19.0 Å². The van der Waals surface area contributed by atoms with E-state index in [0.717, 1.165) is 16.9 Å². The van der Waals surface area contributed by atoms with Crippen LogP contribution in [0.15, 0.2) is 23.0 Å². The molecule has 0 radical (unpaired) electrons. The first-order valence-electron chi connectivity index (χ1n) is 9.35. The molecule has 0 unspecified atom stereocenters. The largest absolute Gasteiger partial charge is 0.489 e. The van der Waals surface area contributed by atoms with Crippen LogP contribution in [0, 0.1) is 13.8 Å². The molecule has 30 heavy (non-hydrogen) atoms. The zero-order chi connectivity index (χ0) is 21.3. The van der Waals surface area contributed by atoms with Gasteiger partial charge in [-0.3, -0.25) is 4.79 Å². The lowest BCUT2D eigenvalue weighted by Gasteiger charge is -2.09. The number of hydrogen-bond donors (Lipinski definition) is 1. The molecule has 0 spiro atoms. The number of esters is 1. The van der Waals surface area contributed by atoms with Crippen LogP contribution >= 0.6 is 22.9 Å². The summed E-state index contributed by atoms with van der Waals surface area (Å²) in [5, 5.41) is 0.998. The summed E-state index contributed by atoms with van der Waals surface area (Å²) in [7, 11) is 0. The predicted molar refractivity (Wildman–Crippen MR) is 116 cm³/mol. The van der Waals surface area contributed by atoms with Gasteiger partial charge in [0.1, 0.15) is 17.3 Å². The van der Waals surface area contributed by atoms with Crippen LogP contribution in [0.3, 0.4) is 0 Å². The van der Waals surface area contributed by atoms with Crippen molar-refractivity contribution in [3.05, 3.63) is 55.4 Å². The Morgan fingerprint density at radius 2 is 2.13 bits per heavy atom. The van der Waals surface area contributed by atoms with Gasteiger partial charge in [-0.15, -0.1) is 11.3 Å². The maximum Gasteiger partial charge on any atom is 0.331 e. The number of benzene rings is 1. The number of rotatable bonds is 4. The van der Waals surface area contributed by atoms with E-state index in [4.69, 9.17) is 25.8 Å². The fourth-order valence-corrected chi connectivity index (χ4v) is 4.39. The smallest absolute Gasteiger partial charge is 0.331 e. The van der Waals surface area contributed by atoms with E-state index in [-0.39, 0.29) is 12.2 Å². The predicted octanol–water partition coefficient (Wildman–Crippen LogP) is 4.17. The molecule has 0 fully saturated rings. The van der Waals surface area contributed by atoms with Crippen LogP contribution in [-0.4, -0.2) is 29.2 Å². The van der Waals surface area contributed by atoms with Crippen molar-refractivity contribution in [2.75, 3.05) is 13.2 Å². The van der Waals surface area contributed by atoms with Crippen LogP contribution in [0.5, 0.6) is 11.5 Å². The summed E-state index contributed by atoms with van der Waals surface area (Å²) in [6.07, 6.45) is 3.63. The molecule has 0 amide bonds. The molecular weight excluding hydrogens is 428 g/mol. The number of aromatic amines is 1. The zero-order valence-corrected chi connectivity index (χ0v) is 18.0. The van der Waals surface area contributed by atoms with Crippen LogP contribution in [0.4, 0.5) is 0 Å². The van der Waals surface area contributed by atoms with E-state index >= 15 is 0 Å². The Morgan fingerprint density at radius 1 is 1.33 bits per heavy atom. The van der Waals surface area contributed by atoms with Gasteiger partial charge in [-0.25, -0.2) is 9.78 Å². The third-order valence-corrected chi connectivity index (χ3v) is 6.06. The molecule has 7 nitrogen and oxygen atoms in total. The number of fused-ring (bicyclic) bond motifs is 2. The minimum atomic E-state index is -0.570. The van der Waals surface area contributed by atoms with Crippen LogP contribution in [-0.2, 0) is 16.1 Å². The first kappa shape index (κ1) is 20.4. The highest BCUT2D eigenvalue weighted by Crippen LogP contribution is 2.38. The summed E-state index contributed by atoms with van der Waals surface area (Å²) < 4.78 is 16.4. The molecule has 1 N–H and O–H groups in total. The molecule has 1 aliphatic rings. The molecule has 3 aromatic rings. The molecule has 0 bridgehead atoms. The number of aromatic nitrogens is 2. The lowest BCUT2D eigenvalue weighted by molar-refractivity contribution is -0.139. The number of nitrogens with one attached hydrogen (secondary N) is 1. The summed E-state index contributed by atoms with van der Waals surface area (Å²) in [6.45, 7) is 4.78. The summed E-state index contributed by atoms with van der Waals surface area (Å²) in [5.74, 6) is 0.789. The maximum absolute atomic E-state index is 12.3. The van der Waals surface area contributed by atoms with E-state index in [2.05, 4.69) is 9.97 Å². The van der Waals surface area contributed by atoms with E-state index < -0.39 is 5.97 Å². The third kappa shape index (κ3) is 4.20. The summed E-state index contributed by atoms with van der Waals surface area (Å²) in [4.78, 5) is 33.1. The van der Waals surface area contributed by atoms with Gasteiger partial charge in [0.25, 0.3) is 5.56 Å². The van der Waals surface area contributed by atoms with Crippen LogP contribution in [0.25, 0.3) is 16.3 Å². The number of carbonyl (C=O) groups excluding carboxylic acids is 1. The van der Waals surface area contributed by atoms with Gasteiger partial charge in [0.2, 0.25) is 0 Å². The van der Waals surface area contributed by atoms with Gasteiger partial charge in [0, 0.05) is 17.4 Å². The second-order valence-corrected chi connectivity index (χ2v) is 8.41. The highest BCUT2D eigenvalue weighted by atomic mass is 35.5. The van der Waals surface area contributed by atoms with Crippen LogP contribution in [0.2, 0.25) is 5.02 Å². The van der Waals surface area contributed by atoms with Gasteiger partial charge >= 0.3 is 5.97 Å². The van der Waals surface area contributed by atoms with E-state index in [9.17, 15) is 9.59 Å². The topological polar surface area (TPSA) is 90.5 Å². The second-order valence-electron chi connectivity index (χ2n) is 6.80. The van der Waals surface area contributed by atoms with Crippen molar-refractivity contribution in [3.8, 4) is 11.5 Å². The average molecular weight is 447 g/mol. The molecule has 9 heteroatoms. The Bertz CT molecular complexity index is 1210. The Balaban J connectivity index is 1.45. The number of aryl methyl sites for hydroxylation is 2. The number of hydrogen-bond acceptors (Lipinski definition) is 7. The highest BCUT2D eigenvalue weighted by molar-refractivity contribution is 7.18. The molecular formula is C21H19ClN2O5S. The molecule has 4 rings (SSSR count). The van der Waals surface area contributed by atoms with Gasteiger partial charge in [0.05, 0.1) is 23.6 Å². The Hall–Kier alpha value is -2.84. The lowest BCUT2D eigenvalue weighted by Crippen LogP contribution is -2.13. The number of nitrogens with zero attached hydrogens (tertiary/aromatic N) is 1. The van der Waals surface area contributed by atoms with E-state index in [1.807, 2.05) is 13.8 Å². The van der Waals surface area contributed by atoms with Crippen molar-refractivity contribution >= 4 is 45.2 Å². The van der Waals surface area contributed by atoms with Crippen molar-refractivity contribution in [3.63, 3.8) is 0 Å². The molecule has 156 valence electrons. The van der Waals surface area contributed by atoms with Crippen LogP contribution in [0.1, 0.15) is 28.2 Å². The van der Waals surface area contributed by atoms with Crippen molar-refractivity contribution in [2.45, 2.75) is 26.9 Å². The third-order valence-electron chi connectivity index (χ3n) is 4.68. The molecule has 1 aliphatic heterocycles. The fourth-order valence-electron chi connectivity index (χ4n) is 3.07. The Morgan fingerprint density at radius 3 is 2.97 bits per heavy atom. The quantitative estimate of drug-likeness (QED) is 0.477. The lowest BCUT2D eigenvalue weighted by atomic mass is 10.2. The minimum Gasteiger partial charge on any atom is -0.489 e. The SMILES string of the molecule is Cc1sc2nc(COC(=O)/C=C/c3cc(Cl)c4c(c3)OCCCO4)[nH]c(=O)c2c1C. The highest BCUT2D eigenvalue weighted by Gasteiger charge is 2.15. The Labute approximate surface area is 181 Å². The number of ether oxygens (including phenoxy) is 3. The molecule has 3 heterocycles. The molecule has 0 saturated carbocycles. The standard InChI is InChI=1S/C21H19ClN2O5S/c1-11-12(2)30-21-18(11)20(26)23-16(24-21)10-29-17(25)5-4-13-8-14(22)19-15(9-13)27-6-3-7-28-19/h4-5,8-9H,3,6-7,10H2,1-2H3,(H,23,24,26)/b5-4+. The number of halogens is 1. The van der Waals surface area contributed by atoms with Gasteiger partial charge < -0.3 is 19.2 Å². The van der Waals surface area contributed by atoms with E-state index in [1.165, 1.54) is 17.4 Å².